The number of nitrogens with two attached hydrogens (primary N) is 1. The summed E-state index contributed by atoms with van der Waals surface area (Å²) < 4.78 is 1.47. The molecule has 138 valence electrons. The number of para-hydroxylation sites is 1. The Balaban J connectivity index is 1.62. The number of benzene rings is 1. The molecule has 1 aromatic carbocycles. The Bertz CT molecular complexity index is 826. The topological polar surface area (TPSA) is 76.2 Å². The van der Waals surface area contributed by atoms with Crippen LogP contribution in [0.4, 0.5) is 11.5 Å². The van der Waals surface area contributed by atoms with Gasteiger partial charge in [-0.15, -0.1) is 0 Å². The van der Waals surface area contributed by atoms with E-state index in [-0.39, 0.29) is 11.8 Å². The fraction of sp³-hybridized carbons (Fsp3) is 0.500. The van der Waals surface area contributed by atoms with Gasteiger partial charge >= 0.3 is 0 Å². The molecular weight excluding hydrogens is 326 g/mol. The predicted octanol–water partition coefficient (Wildman–Crippen LogP) is 2.72. The molecule has 0 aliphatic carbocycles. The monoisotopic (exact) mass is 353 g/mol. The van der Waals surface area contributed by atoms with Crippen molar-refractivity contribution in [1.82, 2.24) is 14.7 Å². The summed E-state index contributed by atoms with van der Waals surface area (Å²) in [5.74, 6) is 0.943. The second-order valence-electron chi connectivity index (χ2n) is 7.79. The van der Waals surface area contributed by atoms with Crippen LogP contribution in [-0.4, -0.2) is 40.2 Å². The van der Waals surface area contributed by atoms with Gasteiger partial charge < -0.3 is 11.1 Å². The van der Waals surface area contributed by atoms with Crippen LogP contribution in [0.1, 0.15) is 47.8 Å². The van der Waals surface area contributed by atoms with E-state index in [1.165, 1.54) is 4.68 Å². The van der Waals surface area contributed by atoms with Crippen LogP contribution in [0.15, 0.2) is 24.3 Å². The number of carbonyl (C=O) groups excluding carboxylic acids is 1. The molecule has 0 spiro atoms. The number of hydrogen-bond donors (Lipinski definition) is 2. The van der Waals surface area contributed by atoms with Gasteiger partial charge in [-0.2, -0.15) is 9.78 Å². The number of rotatable bonds is 3. The van der Waals surface area contributed by atoms with Crippen LogP contribution in [0.3, 0.4) is 0 Å². The zero-order valence-corrected chi connectivity index (χ0v) is 15.5. The van der Waals surface area contributed by atoms with Crippen molar-refractivity contribution in [1.29, 1.82) is 0 Å². The zero-order valence-electron chi connectivity index (χ0n) is 15.5. The van der Waals surface area contributed by atoms with E-state index < -0.39 is 0 Å². The molecule has 3 N–H and O–H groups in total. The molecule has 4 rings (SSSR count). The molecule has 26 heavy (non-hydrogen) atoms. The van der Waals surface area contributed by atoms with E-state index >= 15 is 0 Å². The largest absolute Gasteiger partial charge is 0.385 e. The standard InChI is InChI=1S/C20H27N5O/c1-13(2)11-24-10-8-16-18(12-24)23-25(19(16)21)20(26)15-7-9-22-17-6-4-3-5-14(15)17/h3-6,13,15,22H,7-12,21H2,1-2H3. The lowest BCUT2D eigenvalue weighted by molar-refractivity contribution is 0.0858. The van der Waals surface area contributed by atoms with Crippen molar-refractivity contribution in [2.24, 2.45) is 5.92 Å². The first-order valence-corrected chi connectivity index (χ1v) is 9.50. The second kappa shape index (κ2) is 6.76. The Morgan fingerprint density at radius 3 is 3.00 bits per heavy atom. The number of aromatic nitrogens is 2. The lowest BCUT2D eigenvalue weighted by atomic mass is 9.90. The first kappa shape index (κ1) is 17.1. The van der Waals surface area contributed by atoms with E-state index in [1.54, 1.807) is 0 Å². The molecule has 3 heterocycles. The fourth-order valence-electron chi connectivity index (χ4n) is 4.18. The van der Waals surface area contributed by atoms with Gasteiger partial charge in [0.25, 0.3) is 5.91 Å². The van der Waals surface area contributed by atoms with Gasteiger partial charge in [0, 0.05) is 37.4 Å². The van der Waals surface area contributed by atoms with Crippen LogP contribution >= 0.6 is 0 Å². The normalized spacial score (nSPS) is 19.7. The minimum Gasteiger partial charge on any atom is -0.385 e. The fourth-order valence-corrected chi connectivity index (χ4v) is 4.18. The van der Waals surface area contributed by atoms with Crippen LogP contribution in [-0.2, 0) is 13.0 Å². The number of nitrogens with one attached hydrogen (secondary N) is 1. The summed E-state index contributed by atoms with van der Waals surface area (Å²) in [5.41, 5.74) is 10.4. The quantitative estimate of drug-likeness (QED) is 0.887. The average molecular weight is 353 g/mol. The third kappa shape index (κ3) is 2.98. The van der Waals surface area contributed by atoms with Gasteiger partial charge in [-0.3, -0.25) is 9.69 Å². The van der Waals surface area contributed by atoms with Crippen molar-refractivity contribution in [3.8, 4) is 0 Å². The van der Waals surface area contributed by atoms with E-state index in [0.717, 1.165) is 61.5 Å². The molecule has 0 fully saturated rings. The number of hydrogen-bond acceptors (Lipinski definition) is 5. The van der Waals surface area contributed by atoms with Gasteiger partial charge in [0.2, 0.25) is 0 Å². The maximum atomic E-state index is 13.2. The smallest absolute Gasteiger partial charge is 0.256 e. The summed E-state index contributed by atoms with van der Waals surface area (Å²) in [4.78, 5) is 15.6. The van der Waals surface area contributed by atoms with Crippen LogP contribution < -0.4 is 11.1 Å². The zero-order chi connectivity index (χ0) is 18.3. The molecule has 2 aromatic rings. The molecule has 1 unspecified atom stereocenters. The number of anilines is 2. The van der Waals surface area contributed by atoms with Crippen LogP contribution in [0.2, 0.25) is 0 Å². The average Bonchev–Trinajstić information content (AvgIpc) is 2.96. The van der Waals surface area contributed by atoms with Gasteiger partial charge in [-0.25, -0.2) is 0 Å². The first-order valence-electron chi connectivity index (χ1n) is 9.50. The van der Waals surface area contributed by atoms with Gasteiger partial charge in [0.1, 0.15) is 5.82 Å². The molecule has 0 radical (unpaired) electrons. The van der Waals surface area contributed by atoms with Crippen LogP contribution in [0.25, 0.3) is 0 Å². The summed E-state index contributed by atoms with van der Waals surface area (Å²) in [6, 6.07) is 8.01. The second-order valence-corrected chi connectivity index (χ2v) is 7.79. The van der Waals surface area contributed by atoms with E-state index in [2.05, 4.69) is 29.2 Å². The first-order chi connectivity index (χ1) is 12.5. The molecule has 2 aliphatic heterocycles. The highest BCUT2D eigenvalue weighted by Gasteiger charge is 2.32. The van der Waals surface area contributed by atoms with Crippen LogP contribution in [0, 0.1) is 5.92 Å². The van der Waals surface area contributed by atoms with E-state index in [9.17, 15) is 4.79 Å². The predicted molar refractivity (Wildman–Crippen MR) is 103 cm³/mol. The lowest BCUT2D eigenvalue weighted by Gasteiger charge is -2.27. The summed E-state index contributed by atoms with van der Waals surface area (Å²) in [7, 11) is 0. The molecule has 6 nitrogen and oxygen atoms in total. The molecule has 1 aromatic heterocycles. The molecule has 0 amide bonds. The van der Waals surface area contributed by atoms with E-state index in [4.69, 9.17) is 5.73 Å². The van der Waals surface area contributed by atoms with Crippen molar-refractivity contribution >= 4 is 17.4 Å². The van der Waals surface area contributed by atoms with E-state index in [1.807, 2.05) is 24.3 Å². The third-order valence-corrected chi connectivity index (χ3v) is 5.37. The van der Waals surface area contributed by atoms with Gasteiger partial charge in [-0.05, 0) is 30.4 Å². The molecule has 0 bridgehead atoms. The Morgan fingerprint density at radius 2 is 2.19 bits per heavy atom. The van der Waals surface area contributed by atoms with Crippen molar-refractivity contribution in [3.63, 3.8) is 0 Å². The highest BCUT2D eigenvalue weighted by Crippen LogP contribution is 2.34. The Labute approximate surface area is 154 Å². The number of fused-ring (bicyclic) bond motifs is 2. The molecule has 6 heteroatoms. The van der Waals surface area contributed by atoms with Crippen molar-refractivity contribution in [3.05, 3.63) is 41.1 Å². The number of nitrogen functional groups attached to an aromatic ring is 1. The molecule has 2 aliphatic rings. The summed E-state index contributed by atoms with van der Waals surface area (Å²) in [6.45, 7) is 8.03. The molecular formula is C20H27N5O. The van der Waals surface area contributed by atoms with Gasteiger partial charge in [0.05, 0.1) is 11.6 Å². The van der Waals surface area contributed by atoms with Gasteiger partial charge in [0.15, 0.2) is 0 Å². The summed E-state index contributed by atoms with van der Waals surface area (Å²) >= 11 is 0. The Morgan fingerprint density at radius 1 is 1.38 bits per heavy atom. The minimum atomic E-state index is -0.192. The van der Waals surface area contributed by atoms with Crippen molar-refractivity contribution in [2.75, 3.05) is 30.7 Å². The minimum absolute atomic E-state index is 0.0127. The van der Waals surface area contributed by atoms with E-state index in [0.29, 0.717) is 11.7 Å². The number of nitrogens with zero attached hydrogens (tertiary/aromatic N) is 3. The van der Waals surface area contributed by atoms with Gasteiger partial charge in [-0.1, -0.05) is 32.0 Å². The summed E-state index contributed by atoms with van der Waals surface area (Å²) in [5, 5.41) is 8.00. The van der Waals surface area contributed by atoms with Crippen molar-refractivity contribution in [2.45, 2.75) is 39.2 Å². The summed E-state index contributed by atoms with van der Waals surface area (Å²) in [6.07, 6.45) is 1.63. The highest BCUT2D eigenvalue weighted by atomic mass is 16.2. The SMILES string of the molecule is CC(C)CN1CCc2c(nn(C(=O)C3CCNc4ccccc43)c2N)C1. The molecule has 0 saturated carbocycles. The third-order valence-electron chi connectivity index (χ3n) is 5.37. The number of carbonyl (C=O) groups is 1. The highest BCUT2D eigenvalue weighted by molar-refractivity contribution is 5.90. The molecule has 0 saturated heterocycles. The van der Waals surface area contributed by atoms with Crippen LogP contribution in [0.5, 0.6) is 0 Å². The Hall–Kier alpha value is -2.34. The van der Waals surface area contributed by atoms with Crippen molar-refractivity contribution < 1.29 is 4.79 Å². The maximum absolute atomic E-state index is 13.2. The maximum Gasteiger partial charge on any atom is 0.256 e. The Kier molecular flexibility index (Phi) is 4.44. The lowest BCUT2D eigenvalue weighted by Crippen LogP contribution is -2.33. The molecule has 1 atom stereocenters.